The molecule has 21 heavy (non-hydrogen) atoms. The number of thiophene rings is 2. The van der Waals surface area contributed by atoms with Gasteiger partial charge in [-0.3, -0.25) is 9.78 Å². The monoisotopic (exact) mass is 314 g/mol. The summed E-state index contributed by atoms with van der Waals surface area (Å²) in [6.45, 7) is 0.532. The summed E-state index contributed by atoms with van der Waals surface area (Å²) in [5.41, 5.74) is 3.12. The van der Waals surface area contributed by atoms with Gasteiger partial charge >= 0.3 is 0 Å². The number of nitrogens with one attached hydrogen (secondary N) is 1. The molecule has 0 radical (unpaired) electrons. The Morgan fingerprint density at radius 3 is 2.95 bits per heavy atom. The Hall–Kier alpha value is -1.98. The van der Waals surface area contributed by atoms with Gasteiger partial charge in [-0.15, -0.1) is 11.3 Å². The van der Waals surface area contributed by atoms with Crippen LogP contribution < -0.4 is 5.32 Å². The third kappa shape index (κ3) is 3.77. The maximum atomic E-state index is 11.9. The quantitative estimate of drug-likeness (QED) is 0.779. The molecule has 0 fully saturated rings. The molecule has 1 amide bonds. The van der Waals surface area contributed by atoms with Gasteiger partial charge in [-0.1, -0.05) is 6.07 Å². The lowest BCUT2D eigenvalue weighted by Crippen LogP contribution is -2.24. The second-order valence-corrected chi connectivity index (χ2v) is 6.41. The highest BCUT2D eigenvalue weighted by Crippen LogP contribution is 2.20. The molecule has 0 bridgehead atoms. The van der Waals surface area contributed by atoms with E-state index < -0.39 is 0 Å². The van der Waals surface area contributed by atoms with Crippen molar-refractivity contribution in [2.45, 2.75) is 13.0 Å². The van der Waals surface area contributed by atoms with Crippen LogP contribution in [0.3, 0.4) is 0 Å². The van der Waals surface area contributed by atoms with Crippen LogP contribution in [0.1, 0.15) is 10.4 Å². The molecule has 0 aromatic carbocycles. The molecule has 5 heteroatoms. The molecule has 0 saturated heterocycles. The Morgan fingerprint density at radius 1 is 1.24 bits per heavy atom. The highest BCUT2D eigenvalue weighted by atomic mass is 32.1. The van der Waals surface area contributed by atoms with Gasteiger partial charge < -0.3 is 5.32 Å². The first kappa shape index (κ1) is 14.0. The smallest absolute Gasteiger partial charge is 0.225 e. The normalized spacial score (nSPS) is 10.5. The van der Waals surface area contributed by atoms with E-state index in [1.54, 1.807) is 28.9 Å². The van der Waals surface area contributed by atoms with Crippen LogP contribution in [-0.4, -0.2) is 10.9 Å². The van der Waals surface area contributed by atoms with Crippen molar-refractivity contribution in [2.75, 3.05) is 0 Å². The van der Waals surface area contributed by atoms with Gasteiger partial charge in [0, 0.05) is 28.6 Å². The molecule has 3 aromatic heterocycles. The van der Waals surface area contributed by atoms with Crippen molar-refractivity contribution in [1.29, 1.82) is 0 Å². The topological polar surface area (TPSA) is 42.0 Å². The number of amides is 1. The summed E-state index contributed by atoms with van der Waals surface area (Å²) in [5, 5.41) is 9.04. The van der Waals surface area contributed by atoms with Crippen molar-refractivity contribution in [3.8, 4) is 11.3 Å². The fraction of sp³-hybridized carbons (Fsp3) is 0.125. The van der Waals surface area contributed by atoms with Gasteiger partial charge in [-0.25, -0.2) is 0 Å². The fourth-order valence-electron chi connectivity index (χ4n) is 1.99. The van der Waals surface area contributed by atoms with Crippen molar-refractivity contribution in [2.24, 2.45) is 0 Å². The van der Waals surface area contributed by atoms with Crippen molar-refractivity contribution in [3.05, 3.63) is 63.1 Å². The lowest BCUT2D eigenvalue weighted by atomic mass is 10.1. The largest absolute Gasteiger partial charge is 0.352 e. The highest BCUT2D eigenvalue weighted by molar-refractivity contribution is 7.10. The summed E-state index contributed by atoms with van der Waals surface area (Å²) in [4.78, 5) is 17.3. The van der Waals surface area contributed by atoms with E-state index in [0.29, 0.717) is 13.0 Å². The van der Waals surface area contributed by atoms with Gasteiger partial charge in [0.25, 0.3) is 0 Å². The Bertz CT molecular complexity index is 706. The van der Waals surface area contributed by atoms with E-state index in [4.69, 9.17) is 0 Å². The van der Waals surface area contributed by atoms with Gasteiger partial charge in [0.1, 0.15) is 0 Å². The zero-order chi connectivity index (χ0) is 14.5. The molecule has 0 aliphatic carbocycles. The summed E-state index contributed by atoms with van der Waals surface area (Å²) in [7, 11) is 0. The van der Waals surface area contributed by atoms with Crippen LogP contribution in [0.15, 0.2) is 52.7 Å². The lowest BCUT2D eigenvalue weighted by molar-refractivity contribution is -0.120. The molecule has 0 saturated carbocycles. The van der Waals surface area contributed by atoms with E-state index in [0.717, 1.165) is 21.7 Å². The van der Waals surface area contributed by atoms with Gasteiger partial charge in [0.15, 0.2) is 0 Å². The second kappa shape index (κ2) is 6.65. The molecule has 0 spiro atoms. The molecular weight excluding hydrogens is 300 g/mol. The standard InChI is InChI=1S/C16H14N2OS2/c19-16(9-14-2-1-6-21-14)18-10-12-3-5-17-15(8-12)13-4-7-20-11-13/h1-8,11H,9-10H2,(H,18,19). The summed E-state index contributed by atoms with van der Waals surface area (Å²) in [5.74, 6) is 0.0475. The van der Waals surface area contributed by atoms with Gasteiger partial charge in [-0.2, -0.15) is 11.3 Å². The minimum Gasteiger partial charge on any atom is -0.352 e. The van der Waals surface area contributed by atoms with E-state index in [9.17, 15) is 4.79 Å². The number of hydrogen-bond acceptors (Lipinski definition) is 4. The van der Waals surface area contributed by atoms with Gasteiger partial charge in [0.05, 0.1) is 12.1 Å². The third-order valence-electron chi connectivity index (χ3n) is 3.05. The summed E-state index contributed by atoms with van der Waals surface area (Å²) >= 11 is 3.26. The molecule has 1 N–H and O–H groups in total. The number of hydrogen-bond donors (Lipinski definition) is 1. The predicted octanol–water partition coefficient (Wildman–Crippen LogP) is 3.73. The van der Waals surface area contributed by atoms with Crippen molar-refractivity contribution in [3.63, 3.8) is 0 Å². The van der Waals surface area contributed by atoms with E-state index >= 15 is 0 Å². The number of rotatable bonds is 5. The van der Waals surface area contributed by atoms with Crippen LogP contribution in [0, 0.1) is 0 Å². The molecule has 0 aliphatic heterocycles. The molecule has 3 aromatic rings. The number of carbonyl (C=O) groups excluding carboxylic acids is 1. The van der Waals surface area contributed by atoms with Gasteiger partial charge in [0.2, 0.25) is 5.91 Å². The Morgan fingerprint density at radius 2 is 2.19 bits per heavy atom. The summed E-state index contributed by atoms with van der Waals surface area (Å²) in [6.07, 6.45) is 2.23. The minimum absolute atomic E-state index is 0.0475. The molecule has 3 heterocycles. The number of pyridine rings is 1. The SMILES string of the molecule is O=C(Cc1cccs1)NCc1ccnc(-c2ccsc2)c1. The van der Waals surface area contributed by atoms with Crippen LogP contribution in [0.4, 0.5) is 0 Å². The van der Waals surface area contributed by atoms with Crippen LogP contribution in [0.25, 0.3) is 11.3 Å². The van der Waals surface area contributed by atoms with Crippen LogP contribution in [0.5, 0.6) is 0 Å². The fourth-order valence-corrected chi connectivity index (χ4v) is 3.34. The zero-order valence-corrected chi connectivity index (χ0v) is 12.9. The predicted molar refractivity (Wildman–Crippen MR) is 87.4 cm³/mol. The molecule has 106 valence electrons. The molecule has 0 atom stereocenters. The molecule has 0 aliphatic rings. The van der Waals surface area contributed by atoms with E-state index in [-0.39, 0.29) is 5.91 Å². The average molecular weight is 314 g/mol. The first-order chi connectivity index (χ1) is 10.3. The van der Waals surface area contributed by atoms with Gasteiger partial charge in [-0.05, 0) is 40.6 Å². The van der Waals surface area contributed by atoms with E-state index in [2.05, 4.69) is 15.7 Å². The Labute approximate surface area is 131 Å². The lowest BCUT2D eigenvalue weighted by Gasteiger charge is -2.06. The van der Waals surface area contributed by atoms with E-state index in [1.807, 2.05) is 41.1 Å². The molecule has 0 unspecified atom stereocenters. The first-order valence-corrected chi connectivity index (χ1v) is 8.40. The summed E-state index contributed by atoms with van der Waals surface area (Å²) in [6, 6.07) is 9.94. The van der Waals surface area contributed by atoms with Crippen LogP contribution >= 0.6 is 22.7 Å². The first-order valence-electron chi connectivity index (χ1n) is 6.58. The van der Waals surface area contributed by atoms with Crippen molar-refractivity contribution < 1.29 is 4.79 Å². The number of nitrogens with zero attached hydrogens (tertiary/aromatic N) is 1. The minimum atomic E-state index is 0.0475. The Kier molecular flexibility index (Phi) is 4.43. The third-order valence-corrected chi connectivity index (χ3v) is 4.61. The molecule has 3 nitrogen and oxygen atoms in total. The number of aromatic nitrogens is 1. The second-order valence-electron chi connectivity index (χ2n) is 4.59. The van der Waals surface area contributed by atoms with E-state index in [1.165, 1.54) is 0 Å². The van der Waals surface area contributed by atoms with Crippen LogP contribution in [-0.2, 0) is 17.8 Å². The maximum Gasteiger partial charge on any atom is 0.225 e. The number of carbonyl (C=O) groups is 1. The van der Waals surface area contributed by atoms with Crippen LogP contribution in [0.2, 0.25) is 0 Å². The zero-order valence-electron chi connectivity index (χ0n) is 11.3. The molecular formula is C16H14N2OS2. The van der Waals surface area contributed by atoms with Crippen molar-refractivity contribution >= 4 is 28.6 Å². The molecule has 3 rings (SSSR count). The maximum absolute atomic E-state index is 11.9. The Balaban J connectivity index is 1.60. The summed E-state index contributed by atoms with van der Waals surface area (Å²) < 4.78 is 0. The van der Waals surface area contributed by atoms with Crippen molar-refractivity contribution in [1.82, 2.24) is 10.3 Å². The highest BCUT2D eigenvalue weighted by Gasteiger charge is 2.05. The average Bonchev–Trinajstić information content (AvgIpc) is 3.19.